The van der Waals surface area contributed by atoms with Gasteiger partial charge in [0.2, 0.25) is 0 Å². The van der Waals surface area contributed by atoms with Gasteiger partial charge in [-0.05, 0) is 46.5 Å². The number of hydrazine groups is 1. The van der Waals surface area contributed by atoms with Crippen LogP contribution < -0.4 is 16.1 Å². The molecular formula is C18H40N4O. The largest absolute Gasteiger partial charge is 0.375 e. The van der Waals surface area contributed by atoms with Crippen LogP contribution in [0.3, 0.4) is 0 Å². The fraction of sp³-hybridized carbons (Fsp3) is 1.00. The first kappa shape index (κ1) is 20.8. The van der Waals surface area contributed by atoms with Gasteiger partial charge in [-0.3, -0.25) is 10.6 Å². The summed E-state index contributed by atoms with van der Waals surface area (Å²) in [7, 11) is 0. The first-order chi connectivity index (χ1) is 10.6. The SMILES string of the molecule is CCC(C)(C)NN1CCOCC1(NCC(C)C)NC(C)(C)CC. The predicted molar refractivity (Wildman–Crippen MR) is 98.1 cm³/mol. The summed E-state index contributed by atoms with van der Waals surface area (Å²) in [6, 6.07) is 0. The van der Waals surface area contributed by atoms with Gasteiger partial charge in [0.05, 0.1) is 13.2 Å². The van der Waals surface area contributed by atoms with Crippen molar-refractivity contribution in [1.29, 1.82) is 0 Å². The third kappa shape index (κ3) is 6.31. The minimum atomic E-state index is -0.380. The highest BCUT2D eigenvalue weighted by molar-refractivity contribution is 4.94. The van der Waals surface area contributed by atoms with E-state index in [1.165, 1.54) is 0 Å². The van der Waals surface area contributed by atoms with Gasteiger partial charge in [0.1, 0.15) is 0 Å². The second-order valence-electron chi connectivity index (χ2n) is 8.55. The van der Waals surface area contributed by atoms with E-state index in [1.807, 2.05) is 0 Å². The number of hydrogen-bond donors (Lipinski definition) is 3. The van der Waals surface area contributed by atoms with Crippen molar-refractivity contribution in [3.8, 4) is 0 Å². The Morgan fingerprint density at radius 3 is 2.22 bits per heavy atom. The molecule has 0 spiro atoms. The third-order valence-corrected chi connectivity index (χ3v) is 4.78. The van der Waals surface area contributed by atoms with Crippen LogP contribution >= 0.6 is 0 Å². The van der Waals surface area contributed by atoms with Crippen molar-refractivity contribution >= 4 is 0 Å². The average molecular weight is 329 g/mol. The fourth-order valence-electron chi connectivity index (χ4n) is 2.56. The summed E-state index contributed by atoms with van der Waals surface area (Å²) in [5.41, 5.74) is 3.82. The van der Waals surface area contributed by atoms with Gasteiger partial charge >= 0.3 is 0 Å². The van der Waals surface area contributed by atoms with Crippen molar-refractivity contribution in [2.24, 2.45) is 5.92 Å². The number of morpholine rings is 1. The molecule has 23 heavy (non-hydrogen) atoms. The fourth-order valence-corrected chi connectivity index (χ4v) is 2.56. The van der Waals surface area contributed by atoms with Crippen LogP contribution in [0.25, 0.3) is 0 Å². The van der Waals surface area contributed by atoms with Crippen LogP contribution in [0.2, 0.25) is 0 Å². The zero-order valence-corrected chi connectivity index (χ0v) is 16.7. The van der Waals surface area contributed by atoms with E-state index in [1.54, 1.807) is 0 Å². The van der Waals surface area contributed by atoms with E-state index in [0.717, 1.165) is 32.5 Å². The van der Waals surface area contributed by atoms with Gasteiger partial charge in [0, 0.05) is 24.2 Å². The van der Waals surface area contributed by atoms with E-state index in [-0.39, 0.29) is 16.9 Å². The normalized spacial score (nSPS) is 24.4. The Bertz CT molecular complexity index is 357. The van der Waals surface area contributed by atoms with Crippen molar-refractivity contribution < 1.29 is 4.74 Å². The molecule has 1 heterocycles. The van der Waals surface area contributed by atoms with Gasteiger partial charge in [-0.15, -0.1) is 0 Å². The zero-order valence-electron chi connectivity index (χ0n) is 16.7. The number of rotatable bonds is 9. The minimum Gasteiger partial charge on any atom is -0.375 e. The molecule has 138 valence electrons. The summed E-state index contributed by atoms with van der Waals surface area (Å²) in [5, 5.41) is 9.92. The number of nitrogens with one attached hydrogen (secondary N) is 3. The maximum Gasteiger partial charge on any atom is 0.163 e. The van der Waals surface area contributed by atoms with Gasteiger partial charge < -0.3 is 4.74 Å². The number of hydrogen-bond acceptors (Lipinski definition) is 5. The third-order valence-electron chi connectivity index (χ3n) is 4.78. The lowest BCUT2D eigenvalue weighted by molar-refractivity contribution is -0.152. The molecule has 5 nitrogen and oxygen atoms in total. The lowest BCUT2D eigenvalue weighted by Crippen LogP contribution is -2.80. The van der Waals surface area contributed by atoms with E-state index in [4.69, 9.17) is 4.74 Å². The van der Waals surface area contributed by atoms with E-state index >= 15 is 0 Å². The molecule has 0 bridgehead atoms. The van der Waals surface area contributed by atoms with Crippen molar-refractivity contribution in [3.63, 3.8) is 0 Å². The monoisotopic (exact) mass is 328 g/mol. The topological polar surface area (TPSA) is 48.6 Å². The molecule has 0 aliphatic carbocycles. The molecule has 1 aliphatic heterocycles. The Morgan fingerprint density at radius 1 is 1.09 bits per heavy atom. The molecule has 1 aliphatic rings. The van der Waals surface area contributed by atoms with Crippen LogP contribution in [0.4, 0.5) is 0 Å². The molecule has 0 aromatic heterocycles. The van der Waals surface area contributed by atoms with Crippen LogP contribution in [0.15, 0.2) is 0 Å². The Labute approximate surface area is 143 Å². The first-order valence-electron chi connectivity index (χ1n) is 9.23. The highest BCUT2D eigenvalue weighted by atomic mass is 16.5. The molecule has 1 rings (SSSR count). The molecule has 1 atom stereocenters. The Balaban J connectivity index is 3.04. The summed E-state index contributed by atoms with van der Waals surface area (Å²) >= 11 is 0. The maximum absolute atomic E-state index is 5.88. The summed E-state index contributed by atoms with van der Waals surface area (Å²) in [6.45, 7) is 21.1. The van der Waals surface area contributed by atoms with E-state index in [9.17, 15) is 0 Å². The van der Waals surface area contributed by atoms with Crippen LogP contribution in [-0.4, -0.2) is 48.2 Å². The van der Waals surface area contributed by atoms with E-state index in [2.05, 4.69) is 76.5 Å². The van der Waals surface area contributed by atoms with Crippen LogP contribution in [-0.2, 0) is 4.74 Å². The van der Waals surface area contributed by atoms with Crippen molar-refractivity contribution in [2.75, 3.05) is 26.3 Å². The van der Waals surface area contributed by atoms with E-state index < -0.39 is 0 Å². The highest BCUT2D eigenvalue weighted by Gasteiger charge is 2.44. The van der Waals surface area contributed by atoms with Crippen LogP contribution in [0.5, 0.6) is 0 Å². The maximum atomic E-state index is 5.88. The van der Waals surface area contributed by atoms with Crippen LogP contribution in [0.1, 0.15) is 68.2 Å². The summed E-state index contributed by atoms with van der Waals surface area (Å²) in [4.78, 5) is 0. The van der Waals surface area contributed by atoms with E-state index in [0.29, 0.717) is 12.5 Å². The Hall–Kier alpha value is -0.200. The molecule has 0 amide bonds. The second kappa shape index (κ2) is 8.26. The molecule has 3 N–H and O–H groups in total. The first-order valence-corrected chi connectivity index (χ1v) is 9.23. The highest BCUT2D eigenvalue weighted by Crippen LogP contribution is 2.22. The molecule has 0 aromatic rings. The van der Waals surface area contributed by atoms with Crippen molar-refractivity contribution in [3.05, 3.63) is 0 Å². The van der Waals surface area contributed by atoms with Crippen LogP contribution in [0, 0.1) is 5.92 Å². The average Bonchev–Trinajstić information content (AvgIpc) is 2.47. The molecule has 1 fully saturated rings. The van der Waals surface area contributed by atoms with Crippen molar-refractivity contribution in [1.82, 2.24) is 21.1 Å². The predicted octanol–water partition coefficient (Wildman–Crippen LogP) is 2.69. The Kier molecular flexibility index (Phi) is 7.48. The van der Waals surface area contributed by atoms with Gasteiger partial charge in [-0.1, -0.05) is 27.7 Å². The van der Waals surface area contributed by atoms with Gasteiger partial charge in [0.25, 0.3) is 0 Å². The quantitative estimate of drug-likeness (QED) is 0.568. The van der Waals surface area contributed by atoms with Gasteiger partial charge in [-0.2, -0.15) is 0 Å². The number of ether oxygens (including phenoxy) is 1. The molecule has 1 saturated heterocycles. The molecule has 0 aromatic carbocycles. The number of nitrogens with zero attached hydrogens (tertiary/aromatic N) is 1. The molecule has 1 unspecified atom stereocenters. The zero-order chi connectivity index (χ0) is 17.7. The van der Waals surface area contributed by atoms with Crippen molar-refractivity contribution in [2.45, 2.75) is 85.1 Å². The second-order valence-corrected chi connectivity index (χ2v) is 8.55. The van der Waals surface area contributed by atoms with Gasteiger partial charge in [0.15, 0.2) is 5.79 Å². The molecule has 0 radical (unpaired) electrons. The summed E-state index contributed by atoms with van der Waals surface area (Å²) in [5.74, 6) is 0.204. The smallest absolute Gasteiger partial charge is 0.163 e. The molecule has 5 heteroatoms. The molecule has 0 saturated carbocycles. The van der Waals surface area contributed by atoms with Gasteiger partial charge in [-0.25, -0.2) is 10.4 Å². The Morgan fingerprint density at radius 2 is 1.70 bits per heavy atom. The summed E-state index contributed by atoms with van der Waals surface area (Å²) < 4.78 is 5.88. The lowest BCUT2D eigenvalue weighted by Gasteiger charge is -2.53. The standard InChI is InChI=1S/C18H40N4O/c1-9-16(5,6)20-18(19-13-15(3)4)14-23-12-11-22(18)21-17(7,8)10-2/h15,19-21H,9-14H2,1-8H3. The lowest BCUT2D eigenvalue weighted by atomic mass is 9.99. The molecular weight excluding hydrogens is 288 g/mol. The minimum absolute atomic E-state index is 0.0287. The summed E-state index contributed by atoms with van der Waals surface area (Å²) in [6.07, 6.45) is 2.13.